The number of alkyl halides is 3. The fourth-order valence-electron chi connectivity index (χ4n) is 3.38. The largest absolute Gasteiger partial charge is 0.416 e. The molecule has 1 atom stereocenters. The lowest BCUT2D eigenvalue weighted by atomic mass is 10.0. The molecule has 0 saturated heterocycles. The topological polar surface area (TPSA) is 46.9 Å². The summed E-state index contributed by atoms with van der Waals surface area (Å²) in [6, 6.07) is 15.1. The summed E-state index contributed by atoms with van der Waals surface area (Å²) in [4.78, 5) is 12.9. The quantitative estimate of drug-likeness (QED) is 0.427. The molecule has 4 nitrogen and oxygen atoms in total. The summed E-state index contributed by atoms with van der Waals surface area (Å²) in [5.41, 5.74) is 1.19. The Morgan fingerprint density at radius 1 is 1.03 bits per heavy atom. The highest BCUT2D eigenvalue weighted by Gasteiger charge is 2.30. The van der Waals surface area contributed by atoms with E-state index in [0.29, 0.717) is 27.7 Å². The van der Waals surface area contributed by atoms with Crippen molar-refractivity contribution in [3.05, 3.63) is 95.4 Å². The Bertz CT molecular complexity index is 1250. The van der Waals surface area contributed by atoms with Crippen molar-refractivity contribution in [2.75, 3.05) is 0 Å². The van der Waals surface area contributed by atoms with Gasteiger partial charge in [0, 0.05) is 5.39 Å². The summed E-state index contributed by atoms with van der Waals surface area (Å²) in [5.74, 6) is -0.807. The van der Waals surface area contributed by atoms with Crippen LogP contribution < -0.4 is 5.32 Å². The lowest BCUT2D eigenvalue weighted by Crippen LogP contribution is -2.27. The SMILES string of the molecule is C[C@H](NC(=O)c1cccc2c1cnn2-c1ccc(F)cc1)c1cccc(C(F)(F)F)c1. The Morgan fingerprint density at radius 2 is 1.74 bits per heavy atom. The molecule has 8 heteroatoms. The van der Waals surface area contributed by atoms with Gasteiger partial charge in [-0.05, 0) is 61.0 Å². The van der Waals surface area contributed by atoms with Gasteiger partial charge in [0.25, 0.3) is 5.91 Å². The second kappa shape index (κ2) is 7.86. The summed E-state index contributed by atoms with van der Waals surface area (Å²) in [5, 5.41) is 7.62. The maximum absolute atomic E-state index is 13.2. The van der Waals surface area contributed by atoms with E-state index in [1.807, 2.05) is 0 Å². The minimum absolute atomic E-state index is 0.338. The molecule has 4 rings (SSSR count). The van der Waals surface area contributed by atoms with E-state index in [4.69, 9.17) is 0 Å². The number of hydrogen-bond donors (Lipinski definition) is 1. The molecule has 0 unspecified atom stereocenters. The third-order valence-corrected chi connectivity index (χ3v) is 4.99. The Kier molecular flexibility index (Phi) is 5.22. The van der Waals surface area contributed by atoms with Gasteiger partial charge in [0.1, 0.15) is 5.82 Å². The van der Waals surface area contributed by atoms with Crippen LogP contribution in [0.4, 0.5) is 17.6 Å². The zero-order valence-electron chi connectivity index (χ0n) is 16.3. The van der Waals surface area contributed by atoms with E-state index in [-0.39, 0.29) is 5.82 Å². The highest BCUT2D eigenvalue weighted by molar-refractivity contribution is 6.06. The number of aromatic nitrogens is 2. The normalized spacial score (nSPS) is 12.7. The molecular weight excluding hydrogens is 410 g/mol. The first kappa shape index (κ1) is 20.6. The van der Waals surface area contributed by atoms with Gasteiger partial charge in [0.15, 0.2) is 0 Å². The summed E-state index contributed by atoms with van der Waals surface area (Å²) < 4.78 is 53.7. The molecule has 158 valence electrons. The minimum Gasteiger partial charge on any atom is -0.345 e. The molecule has 0 radical (unpaired) electrons. The molecule has 0 aliphatic heterocycles. The van der Waals surface area contributed by atoms with Crippen LogP contribution in [0.25, 0.3) is 16.6 Å². The van der Waals surface area contributed by atoms with Crippen molar-refractivity contribution >= 4 is 16.8 Å². The Balaban J connectivity index is 1.62. The van der Waals surface area contributed by atoms with E-state index in [1.54, 1.807) is 41.9 Å². The van der Waals surface area contributed by atoms with E-state index >= 15 is 0 Å². The zero-order chi connectivity index (χ0) is 22.2. The van der Waals surface area contributed by atoms with Crippen molar-refractivity contribution in [3.63, 3.8) is 0 Å². The Labute approximate surface area is 175 Å². The monoisotopic (exact) mass is 427 g/mol. The van der Waals surface area contributed by atoms with E-state index in [0.717, 1.165) is 12.1 Å². The molecule has 1 aromatic heterocycles. The average Bonchev–Trinajstić information content (AvgIpc) is 3.18. The number of nitrogens with one attached hydrogen (secondary N) is 1. The fraction of sp³-hybridized carbons (Fsp3) is 0.130. The number of carbonyl (C=O) groups excluding carboxylic acids is 1. The molecule has 3 aromatic carbocycles. The number of rotatable bonds is 4. The number of carbonyl (C=O) groups is 1. The molecule has 0 aliphatic rings. The minimum atomic E-state index is -4.46. The summed E-state index contributed by atoms with van der Waals surface area (Å²) >= 11 is 0. The van der Waals surface area contributed by atoms with Gasteiger partial charge in [0.05, 0.1) is 34.6 Å². The standard InChI is InChI=1S/C23H17F4N3O/c1-14(15-4-2-5-16(12-15)23(25,26)27)29-22(31)19-6-3-7-21-20(19)13-28-30(21)18-10-8-17(24)9-11-18/h2-14H,1H3,(H,29,31)/t14-/m0/s1. The molecule has 0 fully saturated rings. The number of amides is 1. The van der Waals surface area contributed by atoms with Gasteiger partial charge in [-0.2, -0.15) is 18.3 Å². The third kappa shape index (κ3) is 4.14. The van der Waals surface area contributed by atoms with Gasteiger partial charge in [0.2, 0.25) is 0 Å². The predicted molar refractivity (Wildman–Crippen MR) is 108 cm³/mol. The second-order valence-corrected chi connectivity index (χ2v) is 7.09. The number of fused-ring (bicyclic) bond motifs is 1. The first-order chi connectivity index (χ1) is 14.7. The van der Waals surface area contributed by atoms with Crippen molar-refractivity contribution in [1.82, 2.24) is 15.1 Å². The summed E-state index contributed by atoms with van der Waals surface area (Å²) in [6.45, 7) is 1.62. The zero-order valence-corrected chi connectivity index (χ0v) is 16.3. The van der Waals surface area contributed by atoms with Crippen LogP contribution >= 0.6 is 0 Å². The van der Waals surface area contributed by atoms with Crippen LogP contribution in [0.2, 0.25) is 0 Å². The molecule has 1 N–H and O–H groups in total. The van der Waals surface area contributed by atoms with Crippen molar-refractivity contribution in [2.45, 2.75) is 19.1 Å². The molecular formula is C23H17F4N3O. The van der Waals surface area contributed by atoms with E-state index in [1.165, 1.54) is 30.5 Å². The number of hydrogen-bond acceptors (Lipinski definition) is 2. The van der Waals surface area contributed by atoms with Crippen LogP contribution in [0.15, 0.2) is 72.9 Å². The highest BCUT2D eigenvalue weighted by atomic mass is 19.4. The smallest absolute Gasteiger partial charge is 0.345 e. The molecule has 1 amide bonds. The number of nitrogens with zero attached hydrogens (tertiary/aromatic N) is 2. The van der Waals surface area contributed by atoms with Crippen LogP contribution in [-0.4, -0.2) is 15.7 Å². The van der Waals surface area contributed by atoms with Gasteiger partial charge in [-0.3, -0.25) is 4.79 Å². The van der Waals surface area contributed by atoms with E-state index in [9.17, 15) is 22.4 Å². The summed E-state index contributed by atoms with van der Waals surface area (Å²) in [7, 11) is 0. The molecule has 0 spiro atoms. The van der Waals surface area contributed by atoms with Gasteiger partial charge in [-0.1, -0.05) is 18.2 Å². The first-order valence-corrected chi connectivity index (χ1v) is 9.45. The van der Waals surface area contributed by atoms with Crippen molar-refractivity contribution in [3.8, 4) is 5.69 Å². The Hall–Kier alpha value is -3.68. The molecule has 0 bridgehead atoms. The maximum Gasteiger partial charge on any atom is 0.416 e. The van der Waals surface area contributed by atoms with Gasteiger partial charge in [-0.15, -0.1) is 0 Å². The first-order valence-electron chi connectivity index (χ1n) is 9.45. The van der Waals surface area contributed by atoms with Crippen molar-refractivity contribution in [2.24, 2.45) is 0 Å². The van der Waals surface area contributed by atoms with Gasteiger partial charge < -0.3 is 5.32 Å². The predicted octanol–water partition coefficient (Wildman–Crippen LogP) is 5.67. The molecule has 4 aromatic rings. The molecule has 0 saturated carbocycles. The van der Waals surface area contributed by atoms with Crippen molar-refractivity contribution in [1.29, 1.82) is 0 Å². The van der Waals surface area contributed by atoms with Crippen LogP contribution in [0.1, 0.15) is 34.5 Å². The Morgan fingerprint density at radius 3 is 2.45 bits per heavy atom. The number of halogens is 4. The third-order valence-electron chi connectivity index (χ3n) is 4.99. The lowest BCUT2D eigenvalue weighted by molar-refractivity contribution is -0.137. The fourth-order valence-corrected chi connectivity index (χ4v) is 3.38. The van der Waals surface area contributed by atoms with Crippen LogP contribution in [-0.2, 0) is 6.18 Å². The van der Waals surface area contributed by atoms with Gasteiger partial charge in [-0.25, -0.2) is 9.07 Å². The van der Waals surface area contributed by atoms with E-state index in [2.05, 4.69) is 10.4 Å². The molecule has 1 heterocycles. The van der Waals surface area contributed by atoms with Crippen molar-refractivity contribution < 1.29 is 22.4 Å². The van der Waals surface area contributed by atoms with Crippen LogP contribution in [0.3, 0.4) is 0 Å². The highest BCUT2D eigenvalue weighted by Crippen LogP contribution is 2.31. The maximum atomic E-state index is 13.2. The summed E-state index contributed by atoms with van der Waals surface area (Å²) in [6.07, 6.45) is -2.93. The van der Waals surface area contributed by atoms with Gasteiger partial charge >= 0.3 is 6.18 Å². The van der Waals surface area contributed by atoms with E-state index < -0.39 is 23.7 Å². The second-order valence-electron chi connectivity index (χ2n) is 7.09. The van der Waals surface area contributed by atoms with Crippen LogP contribution in [0, 0.1) is 5.82 Å². The number of benzene rings is 3. The lowest BCUT2D eigenvalue weighted by Gasteiger charge is -2.16. The average molecular weight is 427 g/mol. The molecule has 31 heavy (non-hydrogen) atoms. The van der Waals surface area contributed by atoms with Crippen LogP contribution in [0.5, 0.6) is 0 Å². The molecule has 0 aliphatic carbocycles.